The van der Waals surface area contributed by atoms with Crippen LogP contribution in [0.1, 0.15) is 21.6 Å². The summed E-state index contributed by atoms with van der Waals surface area (Å²) in [5.41, 5.74) is 6.21. The molecule has 0 aliphatic carbocycles. The molecule has 2 aromatic heterocycles. The van der Waals surface area contributed by atoms with Crippen molar-refractivity contribution < 1.29 is 4.79 Å². The number of para-hydroxylation sites is 1. The van der Waals surface area contributed by atoms with E-state index in [4.69, 9.17) is 0 Å². The van der Waals surface area contributed by atoms with Crippen molar-refractivity contribution >= 4 is 27.6 Å². The average Bonchev–Trinajstić information content (AvgIpc) is 3.13. The van der Waals surface area contributed by atoms with Gasteiger partial charge in [0, 0.05) is 28.0 Å². The number of hydrogen-bond acceptors (Lipinski definition) is 2. The Morgan fingerprint density at radius 1 is 0.821 bits per heavy atom. The van der Waals surface area contributed by atoms with Gasteiger partial charge in [0.1, 0.15) is 5.69 Å². The van der Waals surface area contributed by atoms with E-state index in [0.29, 0.717) is 11.3 Å². The molecule has 5 aromatic rings. The molecule has 0 unspecified atom stereocenters. The summed E-state index contributed by atoms with van der Waals surface area (Å²) in [6.45, 7) is 2.07. The Bertz CT molecular complexity index is 1330. The van der Waals surface area contributed by atoms with Gasteiger partial charge >= 0.3 is 0 Å². The highest BCUT2D eigenvalue weighted by molar-refractivity contribution is 6.19. The number of nitrogens with one attached hydrogen (secondary N) is 1. The fourth-order valence-electron chi connectivity index (χ4n) is 3.67. The fraction of sp³-hybridized carbons (Fsp3) is 0.0400. The van der Waals surface area contributed by atoms with Crippen LogP contribution in [0.2, 0.25) is 0 Å². The number of hydrogen-bond donors (Lipinski definition) is 1. The second kappa shape index (κ2) is 6.46. The number of nitrogens with zero attached hydrogens (tertiary/aromatic N) is 1. The summed E-state index contributed by atoms with van der Waals surface area (Å²) >= 11 is 0. The minimum atomic E-state index is -0.0777. The smallest absolute Gasteiger partial charge is 0.213 e. The van der Waals surface area contributed by atoms with E-state index in [1.54, 1.807) is 6.20 Å². The Labute approximate surface area is 162 Å². The van der Waals surface area contributed by atoms with E-state index in [1.165, 1.54) is 5.56 Å². The molecule has 0 saturated heterocycles. The van der Waals surface area contributed by atoms with E-state index in [2.05, 4.69) is 47.2 Å². The molecule has 0 aliphatic rings. The first-order chi connectivity index (χ1) is 13.7. The van der Waals surface area contributed by atoms with Crippen LogP contribution in [0.4, 0.5) is 0 Å². The number of aromatic nitrogens is 2. The predicted molar refractivity (Wildman–Crippen MR) is 114 cm³/mol. The number of carbonyl (C=O) groups is 1. The highest BCUT2D eigenvalue weighted by Gasteiger charge is 2.17. The van der Waals surface area contributed by atoms with Crippen LogP contribution in [-0.2, 0) is 0 Å². The summed E-state index contributed by atoms with van der Waals surface area (Å²) in [5.74, 6) is -0.0777. The van der Waals surface area contributed by atoms with Gasteiger partial charge in [-0.05, 0) is 36.2 Å². The Kier molecular flexibility index (Phi) is 3.80. The molecule has 0 bridgehead atoms. The fourth-order valence-corrected chi connectivity index (χ4v) is 3.67. The topological polar surface area (TPSA) is 45.8 Å². The minimum absolute atomic E-state index is 0.0777. The number of benzene rings is 3. The van der Waals surface area contributed by atoms with Gasteiger partial charge in [0.15, 0.2) is 0 Å². The van der Waals surface area contributed by atoms with E-state index in [9.17, 15) is 4.79 Å². The molecular weight excluding hydrogens is 344 g/mol. The number of pyridine rings is 1. The van der Waals surface area contributed by atoms with E-state index >= 15 is 0 Å². The van der Waals surface area contributed by atoms with Crippen molar-refractivity contribution in [3.05, 3.63) is 102 Å². The molecule has 3 nitrogen and oxygen atoms in total. The van der Waals surface area contributed by atoms with Gasteiger partial charge in [0.25, 0.3) is 0 Å². The van der Waals surface area contributed by atoms with Gasteiger partial charge in [-0.2, -0.15) is 0 Å². The molecule has 3 heteroatoms. The first kappa shape index (κ1) is 16.5. The molecule has 0 aliphatic heterocycles. The van der Waals surface area contributed by atoms with Gasteiger partial charge < -0.3 is 4.98 Å². The number of ketones is 1. The number of carbonyl (C=O) groups excluding carboxylic acids is 1. The second-order valence-corrected chi connectivity index (χ2v) is 7.03. The second-order valence-electron chi connectivity index (χ2n) is 7.03. The van der Waals surface area contributed by atoms with Crippen molar-refractivity contribution in [1.29, 1.82) is 0 Å². The summed E-state index contributed by atoms with van der Waals surface area (Å²) in [5, 5.41) is 2.12. The van der Waals surface area contributed by atoms with Crippen LogP contribution in [0.25, 0.3) is 32.9 Å². The molecule has 28 heavy (non-hydrogen) atoms. The third-order valence-corrected chi connectivity index (χ3v) is 5.15. The molecule has 0 radical (unpaired) electrons. The number of fused-ring (bicyclic) bond motifs is 3. The zero-order chi connectivity index (χ0) is 19.1. The summed E-state index contributed by atoms with van der Waals surface area (Å²) in [7, 11) is 0. The van der Waals surface area contributed by atoms with Crippen LogP contribution in [0.5, 0.6) is 0 Å². The van der Waals surface area contributed by atoms with Crippen molar-refractivity contribution in [1.82, 2.24) is 9.97 Å². The maximum Gasteiger partial charge on any atom is 0.213 e. The Hall–Kier alpha value is -3.72. The summed E-state index contributed by atoms with van der Waals surface area (Å²) in [6.07, 6.45) is 1.71. The lowest BCUT2D eigenvalue weighted by Crippen LogP contribution is -2.05. The quantitative estimate of drug-likeness (QED) is 0.405. The van der Waals surface area contributed by atoms with Gasteiger partial charge in [-0.15, -0.1) is 0 Å². The largest absolute Gasteiger partial charge is 0.353 e. The summed E-state index contributed by atoms with van der Waals surface area (Å²) in [4.78, 5) is 21.1. The van der Waals surface area contributed by atoms with Crippen molar-refractivity contribution in [2.75, 3.05) is 0 Å². The third kappa shape index (κ3) is 2.69. The molecule has 0 amide bonds. The van der Waals surface area contributed by atoms with Crippen LogP contribution >= 0.6 is 0 Å². The van der Waals surface area contributed by atoms with Gasteiger partial charge in [-0.3, -0.25) is 9.78 Å². The molecule has 0 fully saturated rings. The maximum absolute atomic E-state index is 13.3. The van der Waals surface area contributed by atoms with E-state index < -0.39 is 0 Å². The van der Waals surface area contributed by atoms with Crippen LogP contribution in [0.15, 0.2) is 85.1 Å². The lowest BCUT2D eigenvalue weighted by molar-refractivity contribution is 0.103. The number of rotatable bonds is 3. The normalized spacial score (nSPS) is 11.2. The monoisotopic (exact) mass is 362 g/mol. The molecule has 5 rings (SSSR count). The maximum atomic E-state index is 13.3. The Balaban J connectivity index is 1.62. The highest BCUT2D eigenvalue weighted by atomic mass is 16.1. The van der Waals surface area contributed by atoms with Crippen LogP contribution in [0, 0.1) is 6.92 Å². The van der Waals surface area contributed by atoms with E-state index in [0.717, 1.165) is 32.9 Å². The first-order valence-electron chi connectivity index (χ1n) is 9.28. The number of aromatic amines is 1. The molecule has 134 valence electrons. The predicted octanol–water partition coefficient (Wildman–Crippen LogP) is 5.92. The molecular formula is C25H18N2O. The molecule has 0 saturated carbocycles. The average molecular weight is 362 g/mol. The molecule has 2 heterocycles. The van der Waals surface area contributed by atoms with Crippen LogP contribution < -0.4 is 0 Å². The highest BCUT2D eigenvalue weighted by Crippen LogP contribution is 2.28. The van der Waals surface area contributed by atoms with Gasteiger partial charge in [0.05, 0.1) is 5.52 Å². The SMILES string of the molecule is Cc1ccc(-c2cccc(C(=O)c3nccc4c3[nH]c3ccccc34)c2)cc1. The van der Waals surface area contributed by atoms with Crippen molar-refractivity contribution in [2.24, 2.45) is 0 Å². The van der Waals surface area contributed by atoms with Crippen molar-refractivity contribution in [2.45, 2.75) is 6.92 Å². The van der Waals surface area contributed by atoms with E-state index in [-0.39, 0.29) is 5.78 Å². The van der Waals surface area contributed by atoms with Crippen molar-refractivity contribution in [3.63, 3.8) is 0 Å². The molecule has 0 spiro atoms. The lowest BCUT2D eigenvalue weighted by atomic mass is 9.99. The Morgan fingerprint density at radius 2 is 1.64 bits per heavy atom. The van der Waals surface area contributed by atoms with Gasteiger partial charge in [-0.1, -0.05) is 66.2 Å². The van der Waals surface area contributed by atoms with Crippen LogP contribution in [0.3, 0.4) is 0 Å². The zero-order valence-electron chi connectivity index (χ0n) is 15.4. The van der Waals surface area contributed by atoms with Crippen molar-refractivity contribution in [3.8, 4) is 11.1 Å². The number of aryl methyl sites for hydroxylation is 1. The first-order valence-corrected chi connectivity index (χ1v) is 9.28. The van der Waals surface area contributed by atoms with Gasteiger partial charge in [-0.25, -0.2) is 0 Å². The third-order valence-electron chi connectivity index (χ3n) is 5.15. The standard InChI is InChI=1S/C25H18N2O/c1-16-9-11-17(12-10-16)18-5-4-6-19(15-18)25(28)24-23-21(13-14-26-24)20-7-2-3-8-22(20)27-23/h2-15,27H,1H3. The van der Waals surface area contributed by atoms with Crippen LogP contribution in [-0.4, -0.2) is 15.8 Å². The van der Waals surface area contributed by atoms with E-state index in [1.807, 2.05) is 48.5 Å². The summed E-state index contributed by atoms with van der Waals surface area (Å²) < 4.78 is 0. The lowest BCUT2D eigenvalue weighted by Gasteiger charge is -2.06. The molecule has 1 N–H and O–H groups in total. The zero-order valence-corrected chi connectivity index (χ0v) is 15.4. The minimum Gasteiger partial charge on any atom is -0.353 e. The Morgan fingerprint density at radius 3 is 2.50 bits per heavy atom. The number of H-pyrrole nitrogens is 1. The molecule has 3 aromatic carbocycles. The molecule has 0 atom stereocenters. The summed E-state index contributed by atoms with van der Waals surface area (Å²) in [6, 6.07) is 26.1. The van der Waals surface area contributed by atoms with Gasteiger partial charge in [0.2, 0.25) is 5.78 Å².